The van der Waals surface area contributed by atoms with Gasteiger partial charge in [0.1, 0.15) is 5.82 Å². The summed E-state index contributed by atoms with van der Waals surface area (Å²) in [6.07, 6.45) is 2.85. The minimum Gasteiger partial charge on any atom is -0.396 e. The van der Waals surface area contributed by atoms with E-state index >= 15 is 0 Å². The maximum absolute atomic E-state index is 9.11. The molecule has 4 nitrogen and oxygen atoms in total. The van der Waals surface area contributed by atoms with Crippen LogP contribution in [-0.4, -0.2) is 29.8 Å². The molecule has 1 unspecified atom stereocenters. The van der Waals surface area contributed by atoms with Gasteiger partial charge in [-0.3, -0.25) is 0 Å². The van der Waals surface area contributed by atoms with Crippen molar-refractivity contribution in [3.8, 4) is 0 Å². The second-order valence-corrected chi connectivity index (χ2v) is 4.52. The Hall–Kier alpha value is -1.13. The molecule has 1 saturated heterocycles. The van der Waals surface area contributed by atoms with Gasteiger partial charge in [0.25, 0.3) is 0 Å². The number of hydrogen-bond donors (Lipinski definition) is 2. The molecular formula is C12H19N3O. The molecule has 2 atom stereocenters. The zero-order valence-corrected chi connectivity index (χ0v) is 9.63. The van der Waals surface area contributed by atoms with Crippen molar-refractivity contribution < 1.29 is 5.11 Å². The molecule has 0 radical (unpaired) electrons. The predicted molar refractivity (Wildman–Crippen MR) is 64.2 cm³/mol. The van der Waals surface area contributed by atoms with Crippen LogP contribution in [-0.2, 0) is 0 Å². The van der Waals surface area contributed by atoms with E-state index < -0.39 is 0 Å². The van der Waals surface area contributed by atoms with Gasteiger partial charge in [-0.2, -0.15) is 0 Å². The molecule has 2 rings (SSSR count). The highest BCUT2D eigenvalue weighted by molar-refractivity contribution is 5.42. The third kappa shape index (κ3) is 2.33. The first-order valence-corrected chi connectivity index (χ1v) is 5.78. The molecule has 1 aliphatic heterocycles. The van der Waals surface area contributed by atoms with Crippen LogP contribution in [0.15, 0.2) is 18.3 Å². The lowest BCUT2D eigenvalue weighted by atomic mass is 10.1. The molecule has 1 aromatic rings. The molecule has 3 N–H and O–H groups in total. The lowest BCUT2D eigenvalue weighted by Crippen LogP contribution is -2.22. The first kappa shape index (κ1) is 11.4. The van der Waals surface area contributed by atoms with Crippen LogP contribution in [0.4, 0.5) is 5.82 Å². The van der Waals surface area contributed by atoms with Gasteiger partial charge in [-0.1, -0.05) is 0 Å². The monoisotopic (exact) mass is 221 g/mol. The maximum Gasteiger partial charge on any atom is 0.128 e. The van der Waals surface area contributed by atoms with Crippen molar-refractivity contribution in [3.05, 3.63) is 23.9 Å². The van der Waals surface area contributed by atoms with E-state index in [-0.39, 0.29) is 12.6 Å². The fourth-order valence-corrected chi connectivity index (χ4v) is 2.08. The second-order valence-electron chi connectivity index (χ2n) is 4.52. The summed E-state index contributed by atoms with van der Waals surface area (Å²) in [5, 5.41) is 9.11. The van der Waals surface area contributed by atoms with Crippen LogP contribution in [0.25, 0.3) is 0 Å². The zero-order chi connectivity index (χ0) is 11.5. The molecule has 88 valence electrons. The van der Waals surface area contributed by atoms with Crippen molar-refractivity contribution in [2.24, 2.45) is 11.7 Å². The van der Waals surface area contributed by atoms with Gasteiger partial charge < -0.3 is 15.7 Å². The van der Waals surface area contributed by atoms with Crippen LogP contribution in [0, 0.1) is 5.92 Å². The lowest BCUT2D eigenvalue weighted by molar-refractivity contribution is 0.238. The normalized spacial score (nSPS) is 22.4. The fourth-order valence-electron chi connectivity index (χ4n) is 2.08. The van der Waals surface area contributed by atoms with Crippen molar-refractivity contribution >= 4 is 5.82 Å². The van der Waals surface area contributed by atoms with Crippen LogP contribution < -0.4 is 10.6 Å². The third-order valence-electron chi connectivity index (χ3n) is 3.16. The van der Waals surface area contributed by atoms with E-state index in [1.165, 1.54) is 0 Å². The Bertz CT molecular complexity index is 354. The minimum atomic E-state index is 0.0398. The van der Waals surface area contributed by atoms with Gasteiger partial charge >= 0.3 is 0 Å². The molecule has 0 aliphatic carbocycles. The van der Waals surface area contributed by atoms with Crippen molar-refractivity contribution in [1.29, 1.82) is 0 Å². The van der Waals surface area contributed by atoms with Crippen LogP contribution in [0.1, 0.15) is 24.9 Å². The van der Waals surface area contributed by atoms with Crippen LogP contribution in [0.5, 0.6) is 0 Å². The highest BCUT2D eigenvalue weighted by Crippen LogP contribution is 2.23. The SMILES string of the molecule is C[C@H](N)c1ccnc(N2CCC(CO)C2)c1. The molecule has 0 bridgehead atoms. The number of anilines is 1. The number of pyridine rings is 1. The molecule has 4 heteroatoms. The molecule has 1 aliphatic rings. The summed E-state index contributed by atoms with van der Waals surface area (Å²) in [6.45, 7) is 4.11. The number of nitrogens with two attached hydrogens (primary N) is 1. The fraction of sp³-hybridized carbons (Fsp3) is 0.583. The largest absolute Gasteiger partial charge is 0.396 e. The van der Waals surface area contributed by atoms with Gasteiger partial charge in [0, 0.05) is 37.9 Å². The number of rotatable bonds is 3. The van der Waals surface area contributed by atoms with Gasteiger partial charge in [0.05, 0.1) is 0 Å². The van der Waals surface area contributed by atoms with Crippen LogP contribution in [0.2, 0.25) is 0 Å². The van der Waals surface area contributed by atoms with E-state index in [0.29, 0.717) is 5.92 Å². The Labute approximate surface area is 96.1 Å². The van der Waals surface area contributed by atoms with Gasteiger partial charge in [0.15, 0.2) is 0 Å². The predicted octanol–water partition coefficient (Wildman–Crippen LogP) is 0.920. The van der Waals surface area contributed by atoms with Gasteiger partial charge in [0.2, 0.25) is 0 Å². The number of aromatic nitrogens is 1. The Morgan fingerprint density at radius 2 is 2.50 bits per heavy atom. The molecular weight excluding hydrogens is 202 g/mol. The van der Waals surface area contributed by atoms with Gasteiger partial charge in [-0.05, 0) is 31.0 Å². The molecule has 16 heavy (non-hydrogen) atoms. The van der Waals surface area contributed by atoms with E-state index in [1.807, 2.05) is 19.1 Å². The Kier molecular flexibility index (Phi) is 3.41. The Morgan fingerprint density at radius 3 is 3.12 bits per heavy atom. The summed E-state index contributed by atoms with van der Waals surface area (Å²) < 4.78 is 0. The first-order valence-electron chi connectivity index (χ1n) is 5.78. The van der Waals surface area contributed by atoms with E-state index in [9.17, 15) is 0 Å². The number of aliphatic hydroxyl groups is 1. The third-order valence-corrected chi connectivity index (χ3v) is 3.16. The highest BCUT2D eigenvalue weighted by Gasteiger charge is 2.22. The van der Waals surface area contributed by atoms with E-state index in [2.05, 4.69) is 9.88 Å². The zero-order valence-electron chi connectivity index (χ0n) is 9.63. The standard InChI is InChI=1S/C12H19N3O/c1-9(13)11-2-4-14-12(6-11)15-5-3-10(7-15)8-16/h2,4,6,9-10,16H,3,5,7-8,13H2,1H3/t9-,10?/m0/s1. The summed E-state index contributed by atoms with van der Waals surface area (Å²) in [5.41, 5.74) is 6.96. The van der Waals surface area contributed by atoms with E-state index in [4.69, 9.17) is 10.8 Å². The van der Waals surface area contributed by atoms with Crippen molar-refractivity contribution in [1.82, 2.24) is 4.98 Å². The summed E-state index contributed by atoms with van der Waals surface area (Å²) in [6, 6.07) is 4.04. The quantitative estimate of drug-likeness (QED) is 0.796. The van der Waals surface area contributed by atoms with Gasteiger partial charge in [-0.15, -0.1) is 0 Å². The number of hydrogen-bond acceptors (Lipinski definition) is 4. The second kappa shape index (κ2) is 4.80. The molecule has 0 saturated carbocycles. The Balaban J connectivity index is 2.12. The summed E-state index contributed by atoms with van der Waals surface area (Å²) in [5.74, 6) is 1.37. The number of nitrogens with zero attached hydrogens (tertiary/aromatic N) is 2. The highest BCUT2D eigenvalue weighted by atomic mass is 16.3. The van der Waals surface area contributed by atoms with Crippen molar-refractivity contribution in [2.45, 2.75) is 19.4 Å². The van der Waals surface area contributed by atoms with Gasteiger partial charge in [-0.25, -0.2) is 4.98 Å². The molecule has 0 amide bonds. The maximum atomic E-state index is 9.11. The summed E-state index contributed by atoms with van der Waals surface area (Å²) in [7, 11) is 0. The summed E-state index contributed by atoms with van der Waals surface area (Å²) >= 11 is 0. The average molecular weight is 221 g/mol. The van der Waals surface area contributed by atoms with E-state index in [0.717, 1.165) is 30.9 Å². The first-order chi connectivity index (χ1) is 7.70. The minimum absolute atomic E-state index is 0.0398. The molecule has 0 spiro atoms. The smallest absolute Gasteiger partial charge is 0.128 e. The average Bonchev–Trinajstić information content (AvgIpc) is 2.77. The van der Waals surface area contributed by atoms with Crippen molar-refractivity contribution in [3.63, 3.8) is 0 Å². The Morgan fingerprint density at radius 1 is 1.69 bits per heavy atom. The van der Waals surface area contributed by atoms with Crippen LogP contribution in [0.3, 0.4) is 0 Å². The molecule has 1 fully saturated rings. The molecule has 1 aromatic heterocycles. The topological polar surface area (TPSA) is 62.4 Å². The molecule has 0 aromatic carbocycles. The molecule has 2 heterocycles. The number of aliphatic hydroxyl groups excluding tert-OH is 1. The van der Waals surface area contributed by atoms with Crippen molar-refractivity contribution in [2.75, 3.05) is 24.6 Å². The summed E-state index contributed by atoms with van der Waals surface area (Å²) in [4.78, 5) is 6.58. The lowest BCUT2D eigenvalue weighted by Gasteiger charge is -2.18. The van der Waals surface area contributed by atoms with E-state index in [1.54, 1.807) is 6.20 Å². The van der Waals surface area contributed by atoms with Crippen LogP contribution >= 0.6 is 0 Å².